The van der Waals surface area contributed by atoms with Crippen LogP contribution in [0.15, 0.2) is 36.7 Å². The van der Waals surface area contributed by atoms with Gasteiger partial charge >= 0.3 is 13.7 Å². The monoisotopic (exact) mass is 712 g/mol. The third kappa shape index (κ3) is 8.69. The first-order valence-corrected chi connectivity index (χ1v) is 17.8. The topological polar surface area (TPSA) is 199 Å². The van der Waals surface area contributed by atoms with Crippen LogP contribution >= 0.6 is 19.5 Å². The van der Waals surface area contributed by atoms with Gasteiger partial charge in [-0.15, -0.1) is 0 Å². The van der Waals surface area contributed by atoms with Crippen LogP contribution in [0, 0.1) is 5.41 Å². The van der Waals surface area contributed by atoms with Crippen LogP contribution in [-0.2, 0) is 39.2 Å². The summed E-state index contributed by atoms with van der Waals surface area (Å²) in [6, 6.07) is 9.04. The van der Waals surface area contributed by atoms with Crippen molar-refractivity contribution in [2.45, 2.75) is 78.3 Å². The van der Waals surface area contributed by atoms with E-state index in [1.54, 1.807) is 45.0 Å². The summed E-state index contributed by atoms with van der Waals surface area (Å²) in [5.74, 6) is -0.641. The van der Waals surface area contributed by atoms with Crippen LogP contribution in [0.5, 0.6) is 5.88 Å². The van der Waals surface area contributed by atoms with Crippen LogP contribution in [0.2, 0.25) is 0 Å². The first-order chi connectivity index (χ1) is 22.6. The third-order valence-electron chi connectivity index (χ3n) is 7.33. The smallest absolute Gasteiger partial charge is 0.405 e. The molecule has 48 heavy (non-hydrogen) atoms. The number of carbonyl (C=O) groups is 2. The Labute approximate surface area is 282 Å². The quantitative estimate of drug-likeness (QED) is 0.0834. The summed E-state index contributed by atoms with van der Waals surface area (Å²) in [6.45, 7) is 8.82. The van der Waals surface area contributed by atoms with E-state index in [0.717, 1.165) is 24.2 Å². The molecule has 5 atom stereocenters. The number of halogens is 1. The molecule has 4 rings (SSSR count). The highest BCUT2D eigenvalue weighted by atomic mass is 32.2. The highest BCUT2D eigenvalue weighted by molar-refractivity contribution is 8.13. The Morgan fingerprint density at radius 1 is 1.25 bits per heavy atom. The summed E-state index contributed by atoms with van der Waals surface area (Å²) in [5, 5.41) is 13.3. The normalized spacial score (nSPS) is 22.6. The van der Waals surface area contributed by atoms with Crippen molar-refractivity contribution in [3.63, 3.8) is 0 Å². The first kappa shape index (κ1) is 37.6. The molecule has 0 spiro atoms. The van der Waals surface area contributed by atoms with Crippen molar-refractivity contribution in [1.29, 1.82) is 0 Å². The molecule has 0 saturated carbocycles. The number of alkyl halides is 1. The zero-order valence-corrected chi connectivity index (χ0v) is 29.3. The van der Waals surface area contributed by atoms with E-state index in [4.69, 9.17) is 29.0 Å². The molecule has 18 heteroatoms. The number of nitrogens with zero attached hydrogens (tertiary/aromatic N) is 4. The molecule has 1 aliphatic rings. The number of imidazole rings is 1. The molecule has 1 aliphatic heterocycles. The van der Waals surface area contributed by atoms with Crippen LogP contribution in [0.4, 0.5) is 10.3 Å². The van der Waals surface area contributed by atoms with Gasteiger partial charge in [-0.2, -0.15) is 9.97 Å². The molecule has 1 aromatic carbocycles. The molecule has 15 nitrogen and oxygen atoms in total. The first-order valence-electron chi connectivity index (χ1n) is 15.3. The SMILES string of the molecule is CCOc1nc(N)nc2c1ncn2C1OC(COP(=O)(NCc2ccccc2)OCCSC(=O)C(C)(C)C(=O)OC(C)C)[C@@H](O)C1(C)F. The van der Waals surface area contributed by atoms with E-state index >= 15 is 4.39 Å². The molecule has 4 N–H and O–H groups in total. The van der Waals surface area contributed by atoms with Crippen molar-refractivity contribution in [3.8, 4) is 5.88 Å². The Morgan fingerprint density at radius 3 is 2.62 bits per heavy atom. The second-order valence-corrected chi connectivity index (χ2v) is 14.8. The third-order valence-corrected chi connectivity index (χ3v) is 10.0. The Hall–Kier alpha value is -3.18. The maximum absolute atomic E-state index is 16.1. The number of anilines is 1. The lowest BCUT2D eigenvalue weighted by atomic mass is 9.96. The highest BCUT2D eigenvalue weighted by Crippen LogP contribution is 2.48. The number of benzene rings is 1. The van der Waals surface area contributed by atoms with Crippen molar-refractivity contribution < 1.29 is 46.9 Å². The van der Waals surface area contributed by atoms with E-state index in [1.807, 2.05) is 6.07 Å². The Bertz CT molecular complexity index is 1630. The summed E-state index contributed by atoms with van der Waals surface area (Å²) >= 11 is 0.822. The molecule has 0 radical (unpaired) electrons. The molecule has 1 fully saturated rings. The zero-order chi connectivity index (χ0) is 35.3. The second kappa shape index (κ2) is 15.6. The number of ether oxygens (including phenoxy) is 3. The van der Waals surface area contributed by atoms with Gasteiger partial charge in [0.1, 0.15) is 17.6 Å². The number of aliphatic hydroxyl groups is 1. The van der Waals surface area contributed by atoms with Gasteiger partial charge in [0.25, 0.3) is 0 Å². The Morgan fingerprint density at radius 2 is 1.96 bits per heavy atom. The van der Waals surface area contributed by atoms with Gasteiger partial charge in [-0.1, -0.05) is 42.1 Å². The number of aromatic nitrogens is 4. The number of nitrogens with one attached hydrogen (secondary N) is 1. The number of nitrogen functional groups attached to an aromatic ring is 1. The van der Waals surface area contributed by atoms with Crippen molar-refractivity contribution in [3.05, 3.63) is 42.2 Å². The van der Waals surface area contributed by atoms with Gasteiger partial charge in [0.2, 0.25) is 16.9 Å². The van der Waals surface area contributed by atoms with Crippen LogP contribution < -0.4 is 15.6 Å². The molecule has 0 amide bonds. The fourth-order valence-corrected chi connectivity index (χ4v) is 6.90. The maximum Gasteiger partial charge on any atom is 0.405 e. The average Bonchev–Trinajstić information content (AvgIpc) is 3.54. The van der Waals surface area contributed by atoms with Gasteiger partial charge < -0.3 is 25.1 Å². The van der Waals surface area contributed by atoms with E-state index < -0.39 is 55.0 Å². The molecule has 3 heterocycles. The minimum atomic E-state index is -4.14. The molecular formula is C30H42FN6O9PS. The Balaban J connectivity index is 1.45. The summed E-state index contributed by atoms with van der Waals surface area (Å²) in [7, 11) is -4.14. The lowest BCUT2D eigenvalue weighted by Gasteiger charge is -2.25. The van der Waals surface area contributed by atoms with Crippen molar-refractivity contribution >= 4 is 47.7 Å². The van der Waals surface area contributed by atoms with Crippen LogP contribution in [0.1, 0.15) is 53.3 Å². The number of fused-ring (bicyclic) bond motifs is 1. The molecule has 0 aliphatic carbocycles. The number of rotatable bonds is 16. The largest absolute Gasteiger partial charge is 0.476 e. The molecule has 4 unspecified atom stereocenters. The van der Waals surface area contributed by atoms with Crippen LogP contribution in [0.3, 0.4) is 0 Å². The number of esters is 1. The number of carbonyl (C=O) groups excluding carboxylic acids is 2. The lowest BCUT2D eigenvalue weighted by Crippen LogP contribution is -2.40. The molecule has 3 aromatic rings. The summed E-state index contributed by atoms with van der Waals surface area (Å²) in [4.78, 5) is 37.6. The minimum absolute atomic E-state index is 0.0349. The molecule has 2 aromatic heterocycles. The van der Waals surface area contributed by atoms with E-state index in [-0.39, 0.29) is 54.6 Å². The van der Waals surface area contributed by atoms with Crippen molar-refractivity contribution in [2.75, 3.05) is 31.3 Å². The summed E-state index contributed by atoms with van der Waals surface area (Å²) < 4.78 is 59.2. The Kier molecular flexibility index (Phi) is 12.2. The van der Waals surface area contributed by atoms with Crippen molar-refractivity contribution in [1.82, 2.24) is 24.6 Å². The van der Waals surface area contributed by atoms with Crippen LogP contribution in [-0.4, -0.2) is 85.3 Å². The summed E-state index contributed by atoms with van der Waals surface area (Å²) in [6.07, 6.45) is -3.57. The fourth-order valence-electron chi connectivity index (χ4n) is 4.67. The number of hydrogen-bond donors (Lipinski definition) is 3. The van der Waals surface area contributed by atoms with E-state index in [1.165, 1.54) is 24.7 Å². The van der Waals surface area contributed by atoms with Crippen LogP contribution in [0.25, 0.3) is 11.2 Å². The maximum atomic E-state index is 16.1. The number of aliphatic hydroxyl groups excluding tert-OH is 1. The van der Waals surface area contributed by atoms with Crippen molar-refractivity contribution in [2.24, 2.45) is 5.41 Å². The predicted octanol–water partition coefficient (Wildman–Crippen LogP) is 3.96. The molecule has 1 saturated heterocycles. The minimum Gasteiger partial charge on any atom is -0.476 e. The van der Waals surface area contributed by atoms with Gasteiger partial charge in [-0.3, -0.25) is 23.2 Å². The standard InChI is InChI=1S/C30H42FN6O9PS/c1-7-42-24-21-23(35-28(32)36-24)37(17-33-21)25-30(6,31)22(38)20(46-25)16-44-47(41,34-15-19-11-9-8-10-12-19)43-13-14-48-27(40)29(4,5)26(39)45-18(2)3/h8-12,17-18,20,22,25,38H,7,13-16H2,1-6H3,(H,34,41)(H2,32,35,36)/t20?,22-,25?,30?,47?/m1/s1. The number of thioether (sulfide) groups is 1. The van der Waals surface area contributed by atoms with E-state index in [2.05, 4.69) is 20.0 Å². The fraction of sp³-hybridized carbons (Fsp3) is 0.567. The second-order valence-electron chi connectivity index (χ2n) is 11.9. The molecule has 0 bridgehead atoms. The number of hydrogen-bond acceptors (Lipinski definition) is 14. The van der Waals surface area contributed by atoms with Gasteiger partial charge in [-0.05, 0) is 47.1 Å². The van der Waals surface area contributed by atoms with Gasteiger partial charge in [-0.25, -0.2) is 19.0 Å². The highest BCUT2D eigenvalue weighted by Gasteiger charge is 2.56. The van der Waals surface area contributed by atoms with Gasteiger partial charge in [0.05, 0.1) is 32.3 Å². The predicted molar refractivity (Wildman–Crippen MR) is 176 cm³/mol. The molecule has 264 valence electrons. The molecular weight excluding hydrogens is 670 g/mol. The number of nitrogens with two attached hydrogens (primary N) is 1. The van der Waals surface area contributed by atoms with E-state index in [0.29, 0.717) is 0 Å². The average molecular weight is 713 g/mol. The lowest BCUT2D eigenvalue weighted by molar-refractivity contribution is -0.159. The van der Waals surface area contributed by atoms with E-state index in [9.17, 15) is 19.3 Å². The van der Waals surface area contributed by atoms with Gasteiger partial charge in [0, 0.05) is 12.3 Å². The zero-order valence-electron chi connectivity index (χ0n) is 27.6. The van der Waals surface area contributed by atoms with Gasteiger partial charge in [0.15, 0.2) is 23.1 Å². The summed E-state index contributed by atoms with van der Waals surface area (Å²) in [5.41, 5.74) is 3.18.